The number of carbonyl (C=O) groups is 2. The third-order valence-corrected chi connectivity index (χ3v) is 5.77. The third-order valence-electron chi connectivity index (χ3n) is 5.25. The van der Waals surface area contributed by atoms with Gasteiger partial charge in [-0.15, -0.1) is 0 Å². The lowest BCUT2D eigenvalue weighted by Gasteiger charge is -2.29. The summed E-state index contributed by atoms with van der Waals surface area (Å²) in [5, 5.41) is 14.1. The number of nitro benzene ring substituents is 1. The van der Waals surface area contributed by atoms with E-state index in [1.165, 1.54) is 41.3 Å². The van der Waals surface area contributed by atoms with Crippen LogP contribution in [0.1, 0.15) is 31.1 Å². The van der Waals surface area contributed by atoms with Crippen LogP contribution in [0.15, 0.2) is 64.6 Å². The van der Waals surface area contributed by atoms with Crippen molar-refractivity contribution in [2.75, 3.05) is 4.90 Å². The summed E-state index contributed by atoms with van der Waals surface area (Å²) in [6.45, 7) is 4.12. The van der Waals surface area contributed by atoms with Crippen LogP contribution >= 0.6 is 23.8 Å². The molecule has 8 nitrogen and oxygen atoms in total. The molecule has 0 spiro atoms. The van der Waals surface area contributed by atoms with Gasteiger partial charge in [0, 0.05) is 11.1 Å². The second-order valence-electron chi connectivity index (χ2n) is 7.82. The van der Waals surface area contributed by atoms with Crippen LogP contribution in [0.25, 0.3) is 17.4 Å². The van der Waals surface area contributed by atoms with E-state index < -0.39 is 16.7 Å². The molecule has 1 saturated heterocycles. The number of hydrogen-bond acceptors (Lipinski definition) is 6. The highest BCUT2D eigenvalue weighted by molar-refractivity contribution is 7.80. The highest BCUT2D eigenvalue weighted by atomic mass is 35.5. The van der Waals surface area contributed by atoms with Gasteiger partial charge in [-0.2, -0.15) is 0 Å². The van der Waals surface area contributed by atoms with Gasteiger partial charge in [-0.25, -0.2) is 0 Å². The zero-order chi connectivity index (χ0) is 24.6. The molecule has 1 fully saturated rings. The van der Waals surface area contributed by atoms with Crippen molar-refractivity contribution in [2.24, 2.45) is 0 Å². The van der Waals surface area contributed by atoms with Gasteiger partial charge in [0.15, 0.2) is 5.11 Å². The zero-order valence-electron chi connectivity index (χ0n) is 18.1. The number of thiocarbonyl (C=S) groups is 1. The van der Waals surface area contributed by atoms with Crippen molar-refractivity contribution in [3.05, 3.63) is 86.6 Å². The van der Waals surface area contributed by atoms with Crippen molar-refractivity contribution < 1.29 is 18.9 Å². The number of nitrogens with zero attached hydrogens (tertiary/aromatic N) is 2. The lowest BCUT2D eigenvalue weighted by atomic mass is 10.0. The smallest absolute Gasteiger partial charge is 0.281 e. The van der Waals surface area contributed by atoms with Crippen LogP contribution in [0, 0.1) is 10.1 Å². The molecule has 4 rings (SSSR count). The first-order valence-corrected chi connectivity index (χ1v) is 11.0. The first-order valence-electron chi connectivity index (χ1n) is 10.2. The summed E-state index contributed by atoms with van der Waals surface area (Å²) in [6.07, 6.45) is 1.28. The number of carbonyl (C=O) groups excluding carboxylic acids is 2. The monoisotopic (exact) mass is 495 g/mol. The minimum absolute atomic E-state index is 0.0265. The minimum Gasteiger partial charge on any atom is -0.456 e. The molecule has 0 unspecified atom stereocenters. The lowest BCUT2D eigenvalue weighted by molar-refractivity contribution is -0.384. The molecule has 34 heavy (non-hydrogen) atoms. The molecule has 0 saturated carbocycles. The van der Waals surface area contributed by atoms with Gasteiger partial charge in [0.1, 0.15) is 17.1 Å². The van der Waals surface area contributed by atoms with Crippen LogP contribution in [-0.2, 0) is 9.59 Å². The van der Waals surface area contributed by atoms with E-state index in [1.54, 1.807) is 12.1 Å². The van der Waals surface area contributed by atoms with E-state index in [1.807, 2.05) is 12.1 Å². The lowest BCUT2D eigenvalue weighted by Crippen LogP contribution is -2.54. The van der Waals surface area contributed by atoms with Crippen LogP contribution < -0.4 is 10.2 Å². The summed E-state index contributed by atoms with van der Waals surface area (Å²) in [7, 11) is 0. The second-order valence-corrected chi connectivity index (χ2v) is 8.65. The van der Waals surface area contributed by atoms with Gasteiger partial charge >= 0.3 is 0 Å². The van der Waals surface area contributed by atoms with Crippen molar-refractivity contribution in [3.8, 4) is 11.3 Å². The van der Waals surface area contributed by atoms with Gasteiger partial charge in [0.2, 0.25) is 0 Å². The number of nitrogens with one attached hydrogen (secondary N) is 1. The van der Waals surface area contributed by atoms with Gasteiger partial charge in [-0.3, -0.25) is 29.9 Å². The number of amides is 2. The summed E-state index contributed by atoms with van der Waals surface area (Å²) in [6, 6.07) is 14.5. The van der Waals surface area contributed by atoms with Gasteiger partial charge in [-0.05, 0) is 66.2 Å². The topological polar surface area (TPSA) is 106 Å². The van der Waals surface area contributed by atoms with Gasteiger partial charge in [0.05, 0.1) is 16.2 Å². The Bertz CT molecular complexity index is 1360. The highest BCUT2D eigenvalue weighted by Gasteiger charge is 2.35. The molecule has 0 radical (unpaired) electrons. The van der Waals surface area contributed by atoms with Crippen molar-refractivity contribution in [1.82, 2.24) is 5.32 Å². The maximum atomic E-state index is 13.2. The number of nitro groups is 1. The summed E-state index contributed by atoms with van der Waals surface area (Å²) >= 11 is 11.1. The molecule has 0 atom stereocenters. The number of anilines is 1. The van der Waals surface area contributed by atoms with E-state index in [9.17, 15) is 19.7 Å². The summed E-state index contributed by atoms with van der Waals surface area (Å²) < 4.78 is 5.70. The fourth-order valence-corrected chi connectivity index (χ4v) is 3.93. The Morgan fingerprint density at radius 1 is 1.12 bits per heavy atom. The fraction of sp³-hybridized carbons (Fsp3) is 0.125. The Balaban J connectivity index is 1.67. The van der Waals surface area contributed by atoms with Crippen LogP contribution in [-0.4, -0.2) is 21.9 Å². The Labute approximate surface area is 205 Å². The molecule has 0 bridgehead atoms. The molecule has 2 heterocycles. The van der Waals surface area contributed by atoms with E-state index in [-0.39, 0.29) is 38.5 Å². The second kappa shape index (κ2) is 9.20. The van der Waals surface area contributed by atoms with E-state index >= 15 is 0 Å². The zero-order valence-corrected chi connectivity index (χ0v) is 19.6. The SMILES string of the molecule is CC(C)c1ccc(N2C(=O)/C(=C/c3ccc(-c4ccc(Cl)cc4[N+](=O)[O-])o3)C(=O)NC2=S)cc1. The van der Waals surface area contributed by atoms with Crippen LogP contribution in [0.2, 0.25) is 5.02 Å². The van der Waals surface area contributed by atoms with Crippen LogP contribution in [0.4, 0.5) is 11.4 Å². The van der Waals surface area contributed by atoms with E-state index in [2.05, 4.69) is 19.2 Å². The molecule has 2 aromatic carbocycles. The van der Waals surface area contributed by atoms with E-state index in [4.69, 9.17) is 28.2 Å². The third kappa shape index (κ3) is 4.48. The van der Waals surface area contributed by atoms with Crippen molar-refractivity contribution in [2.45, 2.75) is 19.8 Å². The maximum absolute atomic E-state index is 13.2. The Kier molecular flexibility index (Phi) is 6.32. The van der Waals surface area contributed by atoms with Gasteiger partial charge in [0.25, 0.3) is 17.5 Å². The van der Waals surface area contributed by atoms with Crippen molar-refractivity contribution >= 4 is 58.2 Å². The van der Waals surface area contributed by atoms with E-state index in [0.717, 1.165) is 5.56 Å². The minimum atomic E-state index is -0.666. The van der Waals surface area contributed by atoms with Crippen molar-refractivity contribution in [3.63, 3.8) is 0 Å². The summed E-state index contributed by atoms with van der Waals surface area (Å²) in [5.41, 5.74) is 1.41. The Morgan fingerprint density at radius 2 is 1.82 bits per heavy atom. The standard InChI is InChI=1S/C24H18ClN3O5S/c1-13(2)14-3-6-16(7-4-14)27-23(30)19(22(29)26-24(27)34)12-17-8-10-21(33-17)18-9-5-15(25)11-20(18)28(31)32/h3-13H,1-2H3,(H,26,29,34)/b19-12+. The molecule has 1 aliphatic rings. The first kappa shape index (κ1) is 23.3. The van der Waals surface area contributed by atoms with E-state index in [0.29, 0.717) is 11.6 Å². The van der Waals surface area contributed by atoms with Crippen LogP contribution in [0.3, 0.4) is 0 Å². The largest absolute Gasteiger partial charge is 0.456 e. The number of halogens is 1. The average Bonchev–Trinajstić information content (AvgIpc) is 3.25. The molecular weight excluding hydrogens is 478 g/mol. The Morgan fingerprint density at radius 3 is 2.47 bits per heavy atom. The van der Waals surface area contributed by atoms with Crippen molar-refractivity contribution in [1.29, 1.82) is 0 Å². The van der Waals surface area contributed by atoms with Gasteiger partial charge < -0.3 is 4.42 Å². The molecule has 3 aromatic rings. The number of furan rings is 1. The van der Waals surface area contributed by atoms with Gasteiger partial charge in [-0.1, -0.05) is 37.6 Å². The summed E-state index contributed by atoms with van der Waals surface area (Å²) in [5.74, 6) is -0.601. The maximum Gasteiger partial charge on any atom is 0.281 e. The number of hydrogen-bond donors (Lipinski definition) is 1. The normalized spacial score (nSPS) is 15.2. The Hall–Kier alpha value is -3.82. The molecule has 1 N–H and O–H groups in total. The molecule has 0 aliphatic carbocycles. The highest BCUT2D eigenvalue weighted by Crippen LogP contribution is 2.34. The summed E-state index contributed by atoms with van der Waals surface area (Å²) in [4.78, 5) is 37.8. The molecule has 10 heteroatoms. The molecule has 1 aromatic heterocycles. The molecule has 1 aliphatic heterocycles. The predicted octanol–water partition coefficient (Wildman–Crippen LogP) is 5.46. The fourth-order valence-electron chi connectivity index (χ4n) is 3.48. The quantitative estimate of drug-likeness (QED) is 0.165. The number of rotatable bonds is 5. The van der Waals surface area contributed by atoms with Crippen LogP contribution in [0.5, 0.6) is 0 Å². The molecular formula is C24H18ClN3O5S. The molecule has 2 amide bonds. The number of benzene rings is 2. The average molecular weight is 496 g/mol. The predicted molar refractivity (Wildman–Crippen MR) is 133 cm³/mol. The molecule has 172 valence electrons. The first-order chi connectivity index (χ1) is 16.2.